The van der Waals surface area contributed by atoms with E-state index >= 15 is 0 Å². The normalized spacial score (nSPS) is 9.77. The third-order valence-electron chi connectivity index (χ3n) is 1.19. The SMILES string of the molecule is COc1nc(N)nc(OCF)c1Br. The average Bonchev–Trinajstić information content (AvgIpc) is 2.11. The quantitative estimate of drug-likeness (QED) is 0.873. The first-order valence-electron chi connectivity index (χ1n) is 3.24. The van der Waals surface area contributed by atoms with Crippen LogP contribution in [-0.4, -0.2) is 23.9 Å². The molecule has 13 heavy (non-hydrogen) atoms. The van der Waals surface area contributed by atoms with Crippen molar-refractivity contribution < 1.29 is 13.9 Å². The van der Waals surface area contributed by atoms with Gasteiger partial charge in [0, 0.05) is 0 Å². The Kier molecular flexibility index (Phi) is 3.24. The van der Waals surface area contributed by atoms with Crippen LogP contribution < -0.4 is 15.2 Å². The van der Waals surface area contributed by atoms with Crippen molar-refractivity contribution in [2.45, 2.75) is 0 Å². The molecule has 1 aromatic rings. The van der Waals surface area contributed by atoms with Gasteiger partial charge in [-0.15, -0.1) is 0 Å². The third-order valence-corrected chi connectivity index (χ3v) is 1.87. The van der Waals surface area contributed by atoms with Gasteiger partial charge < -0.3 is 15.2 Å². The number of alkyl halides is 1. The first kappa shape index (κ1) is 9.97. The maximum absolute atomic E-state index is 11.8. The van der Waals surface area contributed by atoms with Crippen molar-refractivity contribution in [3.63, 3.8) is 0 Å². The van der Waals surface area contributed by atoms with Gasteiger partial charge in [-0.25, -0.2) is 4.39 Å². The largest absolute Gasteiger partial charge is 0.480 e. The van der Waals surface area contributed by atoms with Gasteiger partial charge in [-0.3, -0.25) is 0 Å². The summed E-state index contributed by atoms with van der Waals surface area (Å²) in [5, 5.41) is 0. The molecule has 0 saturated heterocycles. The third kappa shape index (κ3) is 2.18. The van der Waals surface area contributed by atoms with E-state index in [4.69, 9.17) is 10.5 Å². The van der Waals surface area contributed by atoms with Gasteiger partial charge in [0.05, 0.1) is 7.11 Å². The summed E-state index contributed by atoms with van der Waals surface area (Å²) >= 11 is 3.08. The van der Waals surface area contributed by atoms with E-state index in [1.807, 2.05) is 0 Å². The highest BCUT2D eigenvalue weighted by Crippen LogP contribution is 2.31. The minimum Gasteiger partial charge on any atom is -0.480 e. The van der Waals surface area contributed by atoms with Crippen LogP contribution in [0.3, 0.4) is 0 Å². The Bertz CT molecular complexity index is 310. The van der Waals surface area contributed by atoms with Crippen molar-refractivity contribution in [3.05, 3.63) is 4.47 Å². The molecule has 1 heterocycles. The van der Waals surface area contributed by atoms with Crippen molar-refractivity contribution in [1.82, 2.24) is 9.97 Å². The first-order chi connectivity index (χ1) is 6.19. The van der Waals surface area contributed by atoms with Crippen molar-refractivity contribution >= 4 is 21.9 Å². The number of nitrogens with two attached hydrogens (primary N) is 1. The Morgan fingerprint density at radius 1 is 1.46 bits per heavy atom. The van der Waals surface area contributed by atoms with E-state index in [0.717, 1.165) is 0 Å². The van der Waals surface area contributed by atoms with Gasteiger partial charge in [-0.1, -0.05) is 0 Å². The number of rotatable bonds is 3. The lowest BCUT2D eigenvalue weighted by molar-refractivity contribution is 0.182. The van der Waals surface area contributed by atoms with E-state index in [-0.39, 0.29) is 17.7 Å². The molecule has 0 saturated carbocycles. The molecule has 0 radical (unpaired) electrons. The monoisotopic (exact) mass is 251 g/mol. The highest BCUT2D eigenvalue weighted by Gasteiger charge is 2.12. The number of ether oxygens (including phenoxy) is 2. The van der Waals surface area contributed by atoms with Gasteiger partial charge >= 0.3 is 0 Å². The van der Waals surface area contributed by atoms with Crippen molar-refractivity contribution in [3.8, 4) is 11.8 Å². The number of aromatic nitrogens is 2. The van der Waals surface area contributed by atoms with Crippen LogP contribution in [0.4, 0.5) is 10.3 Å². The molecule has 2 N–H and O–H groups in total. The van der Waals surface area contributed by atoms with Crippen LogP contribution in [0.25, 0.3) is 0 Å². The van der Waals surface area contributed by atoms with Gasteiger partial charge in [0.25, 0.3) is 0 Å². The fraction of sp³-hybridized carbons (Fsp3) is 0.333. The molecule has 0 aliphatic rings. The van der Waals surface area contributed by atoms with Gasteiger partial charge in [0.15, 0.2) is 0 Å². The molecule has 0 amide bonds. The number of hydrogen-bond donors (Lipinski definition) is 1. The zero-order valence-electron chi connectivity index (χ0n) is 6.75. The van der Waals surface area contributed by atoms with Crippen molar-refractivity contribution in [1.29, 1.82) is 0 Å². The molecule has 0 aromatic carbocycles. The van der Waals surface area contributed by atoms with Crippen LogP contribution in [0.1, 0.15) is 0 Å². The van der Waals surface area contributed by atoms with Crippen LogP contribution in [0, 0.1) is 0 Å². The molecule has 7 heteroatoms. The molecule has 0 aliphatic heterocycles. The fourth-order valence-corrected chi connectivity index (χ4v) is 1.16. The lowest BCUT2D eigenvalue weighted by atomic mass is 10.6. The smallest absolute Gasteiger partial charge is 0.239 e. The van der Waals surface area contributed by atoms with Gasteiger partial charge in [-0.05, 0) is 15.9 Å². The number of nitrogen functional groups attached to an aromatic ring is 1. The molecular weight excluding hydrogens is 245 g/mol. The lowest BCUT2D eigenvalue weighted by Crippen LogP contribution is -2.03. The highest BCUT2D eigenvalue weighted by molar-refractivity contribution is 9.10. The zero-order valence-corrected chi connectivity index (χ0v) is 8.34. The van der Waals surface area contributed by atoms with Crippen molar-refractivity contribution in [2.75, 3.05) is 19.7 Å². The molecular formula is C6H7BrFN3O2. The Balaban J connectivity index is 3.11. The van der Waals surface area contributed by atoms with E-state index in [1.54, 1.807) is 0 Å². The Hall–Kier alpha value is -1.11. The number of methoxy groups -OCH3 is 1. The second-order valence-electron chi connectivity index (χ2n) is 1.96. The summed E-state index contributed by atoms with van der Waals surface area (Å²) in [5.41, 5.74) is 5.31. The number of anilines is 1. The average molecular weight is 252 g/mol. The van der Waals surface area contributed by atoms with E-state index in [1.165, 1.54) is 7.11 Å². The van der Waals surface area contributed by atoms with E-state index in [2.05, 4.69) is 30.6 Å². The summed E-state index contributed by atoms with van der Waals surface area (Å²) in [6.45, 7) is -0.988. The van der Waals surface area contributed by atoms with Gasteiger partial charge in [-0.2, -0.15) is 9.97 Å². The summed E-state index contributed by atoms with van der Waals surface area (Å²) < 4.78 is 21.5. The minimum absolute atomic E-state index is 0.0202. The molecule has 0 fully saturated rings. The van der Waals surface area contributed by atoms with Crippen LogP contribution >= 0.6 is 15.9 Å². The van der Waals surface area contributed by atoms with Gasteiger partial charge in [0.1, 0.15) is 4.47 Å². The first-order valence-corrected chi connectivity index (χ1v) is 4.04. The van der Waals surface area contributed by atoms with E-state index in [0.29, 0.717) is 4.47 Å². The fourth-order valence-electron chi connectivity index (χ4n) is 0.705. The van der Waals surface area contributed by atoms with Crippen LogP contribution in [0.15, 0.2) is 4.47 Å². The van der Waals surface area contributed by atoms with Crippen molar-refractivity contribution in [2.24, 2.45) is 0 Å². The summed E-state index contributed by atoms with van der Waals surface area (Å²) in [6.07, 6.45) is 0. The summed E-state index contributed by atoms with van der Waals surface area (Å²) in [5.74, 6) is 0.186. The molecule has 5 nitrogen and oxygen atoms in total. The predicted octanol–water partition coefficient (Wildman–Crippen LogP) is 1.14. The summed E-state index contributed by atoms with van der Waals surface area (Å²) in [7, 11) is 1.41. The van der Waals surface area contributed by atoms with Crippen LogP contribution in [-0.2, 0) is 0 Å². The molecule has 0 bridgehead atoms. The van der Waals surface area contributed by atoms with Crippen LogP contribution in [0.2, 0.25) is 0 Å². The summed E-state index contributed by atoms with van der Waals surface area (Å²) in [4.78, 5) is 7.38. The Morgan fingerprint density at radius 3 is 2.62 bits per heavy atom. The Morgan fingerprint density at radius 2 is 2.08 bits per heavy atom. The molecule has 0 atom stereocenters. The molecule has 0 spiro atoms. The molecule has 72 valence electrons. The zero-order chi connectivity index (χ0) is 9.84. The lowest BCUT2D eigenvalue weighted by Gasteiger charge is -2.06. The number of halogens is 2. The van der Waals surface area contributed by atoms with Crippen LogP contribution in [0.5, 0.6) is 11.8 Å². The Labute approximate surface area is 82.2 Å². The molecule has 0 unspecified atom stereocenters. The minimum atomic E-state index is -0.988. The van der Waals surface area contributed by atoms with E-state index < -0.39 is 6.86 Å². The summed E-state index contributed by atoms with van der Waals surface area (Å²) in [6, 6.07) is 0. The molecule has 0 aliphatic carbocycles. The topological polar surface area (TPSA) is 70.3 Å². The predicted molar refractivity (Wildman–Crippen MR) is 47.3 cm³/mol. The standard InChI is InChI=1S/C6H7BrFN3O2/c1-12-4-3(7)5(13-2-8)11-6(9)10-4/h2H2,1H3,(H2,9,10,11). The second-order valence-corrected chi connectivity index (χ2v) is 2.76. The maximum Gasteiger partial charge on any atom is 0.239 e. The number of hydrogen-bond acceptors (Lipinski definition) is 5. The second kappa shape index (κ2) is 4.22. The maximum atomic E-state index is 11.8. The molecule has 1 aromatic heterocycles. The van der Waals surface area contributed by atoms with Gasteiger partial charge in [0.2, 0.25) is 24.6 Å². The number of nitrogens with zero attached hydrogens (tertiary/aromatic N) is 2. The highest BCUT2D eigenvalue weighted by atomic mass is 79.9. The van der Waals surface area contributed by atoms with E-state index in [9.17, 15) is 4.39 Å². The molecule has 1 rings (SSSR count).